The Morgan fingerprint density at radius 3 is 2.60 bits per heavy atom. The molecule has 1 N–H and O–H groups in total. The van der Waals surface area contributed by atoms with E-state index in [9.17, 15) is 4.79 Å². The van der Waals surface area contributed by atoms with Crippen LogP contribution in [0.15, 0.2) is 42.5 Å². The summed E-state index contributed by atoms with van der Waals surface area (Å²) >= 11 is 0. The molecular weight excluding hydrogens is 372 g/mol. The molecule has 30 heavy (non-hydrogen) atoms. The minimum absolute atomic E-state index is 0.198. The highest BCUT2D eigenvalue weighted by Crippen LogP contribution is 2.43. The first kappa shape index (κ1) is 20.6. The highest BCUT2D eigenvalue weighted by atomic mass is 16.2. The van der Waals surface area contributed by atoms with Crippen molar-refractivity contribution in [1.82, 2.24) is 14.9 Å². The number of imidazole rings is 1. The average Bonchev–Trinajstić information content (AvgIpc) is 3.18. The normalized spacial score (nSPS) is 15.4. The zero-order chi connectivity index (χ0) is 21.3. The Kier molecular flexibility index (Phi) is 5.65. The van der Waals surface area contributed by atoms with Gasteiger partial charge < -0.3 is 9.88 Å². The molecule has 0 bridgehead atoms. The molecule has 0 aliphatic carbocycles. The van der Waals surface area contributed by atoms with E-state index >= 15 is 0 Å². The number of hydrogen-bond acceptors (Lipinski definition) is 3. The summed E-state index contributed by atoms with van der Waals surface area (Å²) in [5, 5.41) is 0. The van der Waals surface area contributed by atoms with Crippen LogP contribution in [0, 0.1) is 0 Å². The van der Waals surface area contributed by atoms with E-state index in [1.807, 2.05) is 24.8 Å². The van der Waals surface area contributed by atoms with Crippen molar-refractivity contribution in [1.29, 1.82) is 0 Å². The Morgan fingerprint density at radius 2 is 1.87 bits per heavy atom. The van der Waals surface area contributed by atoms with Gasteiger partial charge in [-0.15, -0.1) is 0 Å². The lowest BCUT2D eigenvalue weighted by atomic mass is 9.86. The summed E-state index contributed by atoms with van der Waals surface area (Å²) < 4.78 is 0. The first-order valence-corrected chi connectivity index (χ1v) is 11.0. The third kappa shape index (κ3) is 3.86. The fourth-order valence-electron chi connectivity index (χ4n) is 4.41. The highest BCUT2D eigenvalue weighted by molar-refractivity contribution is 6.09. The molecule has 1 aromatic heterocycles. The maximum Gasteiger partial charge on any atom is 0.237 e. The lowest BCUT2D eigenvalue weighted by Gasteiger charge is -2.20. The first-order valence-electron chi connectivity index (χ1n) is 11.0. The van der Waals surface area contributed by atoms with Crippen LogP contribution in [0.25, 0.3) is 11.0 Å². The summed E-state index contributed by atoms with van der Waals surface area (Å²) in [7, 11) is 2.11. The van der Waals surface area contributed by atoms with Crippen LogP contribution in [-0.4, -0.2) is 34.4 Å². The Morgan fingerprint density at radius 1 is 1.10 bits per heavy atom. The molecule has 1 aliphatic rings. The quantitative estimate of drug-likeness (QED) is 0.537. The molecule has 158 valence electrons. The maximum absolute atomic E-state index is 13.1. The maximum atomic E-state index is 13.1. The molecule has 0 saturated carbocycles. The number of fused-ring (bicyclic) bond motifs is 2. The number of amides is 1. The zero-order valence-electron chi connectivity index (χ0n) is 18.5. The average molecular weight is 405 g/mol. The number of anilines is 1. The molecule has 5 nitrogen and oxygen atoms in total. The van der Waals surface area contributed by atoms with Gasteiger partial charge in [0.1, 0.15) is 5.82 Å². The standard InChI is InChI=1S/C25H32N4O/c1-5-6-10-13-29-22-15-21-20(14-19(22)25(2,3)24(29)30)26-23(27-21)17-28(4)16-18-11-8-7-9-12-18/h7-9,11-12,14-15H,5-6,10,13,16-17H2,1-4H3,(H,26,27). The second-order valence-corrected chi connectivity index (χ2v) is 9.02. The van der Waals surface area contributed by atoms with Gasteiger partial charge in [-0.1, -0.05) is 50.1 Å². The van der Waals surface area contributed by atoms with E-state index < -0.39 is 5.41 Å². The van der Waals surface area contributed by atoms with Gasteiger partial charge in [-0.3, -0.25) is 9.69 Å². The van der Waals surface area contributed by atoms with Gasteiger partial charge in [-0.05, 0) is 50.6 Å². The number of rotatable bonds is 8. The number of nitrogens with one attached hydrogen (secondary N) is 1. The summed E-state index contributed by atoms with van der Waals surface area (Å²) in [6, 6.07) is 14.7. The summed E-state index contributed by atoms with van der Waals surface area (Å²) in [6.07, 6.45) is 3.32. The van der Waals surface area contributed by atoms with Crippen molar-refractivity contribution in [3.63, 3.8) is 0 Å². The van der Waals surface area contributed by atoms with Gasteiger partial charge in [0, 0.05) is 13.1 Å². The summed E-state index contributed by atoms with van der Waals surface area (Å²) in [5.74, 6) is 1.15. The number of H-pyrrole nitrogens is 1. The van der Waals surface area contributed by atoms with Crippen LogP contribution in [-0.2, 0) is 23.3 Å². The second kappa shape index (κ2) is 8.23. The van der Waals surface area contributed by atoms with Crippen molar-refractivity contribution >= 4 is 22.6 Å². The van der Waals surface area contributed by atoms with Crippen molar-refractivity contribution in [3.8, 4) is 0 Å². The van der Waals surface area contributed by atoms with Crippen molar-refractivity contribution in [3.05, 3.63) is 59.4 Å². The molecule has 1 amide bonds. The van der Waals surface area contributed by atoms with Crippen LogP contribution in [0.2, 0.25) is 0 Å². The molecule has 4 rings (SSSR count). The van der Waals surface area contributed by atoms with Gasteiger partial charge in [-0.25, -0.2) is 4.98 Å². The molecule has 0 unspecified atom stereocenters. The number of aromatic amines is 1. The molecule has 0 radical (unpaired) electrons. The lowest BCUT2D eigenvalue weighted by molar-refractivity contribution is -0.122. The first-order chi connectivity index (χ1) is 14.4. The van der Waals surface area contributed by atoms with E-state index in [0.29, 0.717) is 0 Å². The van der Waals surface area contributed by atoms with Crippen LogP contribution in [0.5, 0.6) is 0 Å². The fourth-order valence-corrected chi connectivity index (χ4v) is 4.41. The van der Waals surface area contributed by atoms with E-state index in [2.05, 4.69) is 60.3 Å². The summed E-state index contributed by atoms with van der Waals surface area (Å²) in [6.45, 7) is 8.66. The van der Waals surface area contributed by atoms with Gasteiger partial charge in [0.2, 0.25) is 5.91 Å². The number of benzene rings is 2. The second-order valence-electron chi connectivity index (χ2n) is 9.02. The highest BCUT2D eigenvalue weighted by Gasteiger charge is 2.43. The van der Waals surface area contributed by atoms with Crippen LogP contribution in [0.1, 0.15) is 57.0 Å². The molecule has 3 aromatic rings. The largest absolute Gasteiger partial charge is 0.341 e. The zero-order valence-corrected chi connectivity index (χ0v) is 18.5. The number of aromatic nitrogens is 2. The van der Waals surface area contributed by atoms with Crippen molar-refractivity contribution < 1.29 is 4.79 Å². The van der Waals surface area contributed by atoms with Crippen LogP contribution < -0.4 is 4.90 Å². The number of hydrogen-bond donors (Lipinski definition) is 1. The van der Waals surface area contributed by atoms with Gasteiger partial charge in [0.05, 0.1) is 28.7 Å². The van der Waals surface area contributed by atoms with Crippen molar-refractivity contribution in [2.45, 2.75) is 58.5 Å². The molecule has 0 saturated heterocycles. The Hall–Kier alpha value is -2.66. The minimum atomic E-state index is -0.495. The van der Waals surface area contributed by atoms with Crippen molar-refractivity contribution in [2.75, 3.05) is 18.5 Å². The Bertz CT molecular complexity index is 1040. The third-order valence-corrected chi connectivity index (χ3v) is 6.09. The van der Waals surface area contributed by atoms with E-state index in [0.717, 1.165) is 67.0 Å². The van der Waals surface area contributed by atoms with Crippen molar-refractivity contribution in [2.24, 2.45) is 0 Å². The molecule has 2 aromatic carbocycles. The van der Waals surface area contributed by atoms with E-state index in [-0.39, 0.29) is 5.91 Å². The molecule has 0 fully saturated rings. The van der Waals surface area contributed by atoms with Crippen LogP contribution in [0.4, 0.5) is 5.69 Å². The predicted molar refractivity (Wildman–Crippen MR) is 123 cm³/mol. The topological polar surface area (TPSA) is 52.2 Å². The number of carbonyl (C=O) groups excluding carboxylic acids is 1. The fraction of sp³-hybridized carbons (Fsp3) is 0.440. The molecule has 2 heterocycles. The van der Waals surface area contributed by atoms with Gasteiger partial charge in [-0.2, -0.15) is 0 Å². The number of carbonyl (C=O) groups is 1. The molecular formula is C25H32N4O. The molecule has 5 heteroatoms. The summed E-state index contributed by atoms with van der Waals surface area (Å²) in [4.78, 5) is 25.6. The molecule has 0 atom stereocenters. The van der Waals surface area contributed by atoms with E-state index in [1.54, 1.807) is 0 Å². The monoisotopic (exact) mass is 404 g/mol. The third-order valence-electron chi connectivity index (χ3n) is 6.09. The van der Waals surface area contributed by atoms with Gasteiger partial charge >= 0.3 is 0 Å². The predicted octanol–water partition coefficient (Wildman–Crippen LogP) is 5.01. The lowest BCUT2D eigenvalue weighted by Crippen LogP contribution is -2.36. The molecule has 1 aliphatic heterocycles. The minimum Gasteiger partial charge on any atom is -0.341 e. The Labute approximate surface area is 179 Å². The van der Waals surface area contributed by atoms with Crippen LogP contribution >= 0.6 is 0 Å². The van der Waals surface area contributed by atoms with Gasteiger partial charge in [0.15, 0.2) is 0 Å². The smallest absolute Gasteiger partial charge is 0.237 e. The van der Waals surface area contributed by atoms with E-state index in [4.69, 9.17) is 4.98 Å². The number of unbranched alkanes of at least 4 members (excludes halogenated alkanes) is 2. The SMILES string of the molecule is CCCCCN1C(=O)C(C)(C)c2cc3[nH]c(CN(C)Cc4ccccc4)nc3cc21. The molecule has 0 spiro atoms. The van der Waals surface area contributed by atoms with Crippen LogP contribution in [0.3, 0.4) is 0 Å². The summed E-state index contributed by atoms with van der Waals surface area (Å²) in [5.41, 5.74) is 4.87. The van der Waals surface area contributed by atoms with E-state index in [1.165, 1.54) is 5.56 Å². The number of nitrogens with zero attached hydrogens (tertiary/aromatic N) is 3. The van der Waals surface area contributed by atoms with Gasteiger partial charge in [0.25, 0.3) is 0 Å². The Balaban J connectivity index is 1.58.